The maximum absolute atomic E-state index is 10.2. The molecule has 0 spiro atoms. The molecule has 2 aliphatic rings. The lowest BCUT2D eigenvalue weighted by atomic mass is 9.83. The number of rotatable bonds is 3. The van der Waals surface area contributed by atoms with E-state index in [9.17, 15) is 5.11 Å². The zero-order valence-electron chi connectivity index (χ0n) is 9.15. The van der Waals surface area contributed by atoms with Gasteiger partial charge in [0.1, 0.15) is 0 Å². The fraction of sp³-hybridized carbons (Fsp3) is 1.00. The van der Waals surface area contributed by atoms with Gasteiger partial charge in [-0.3, -0.25) is 0 Å². The molecular formula is C11H21NO3. The van der Waals surface area contributed by atoms with Crippen LogP contribution in [-0.4, -0.2) is 42.7 Å². The van der Waals surface area contributed by atoms with Crippen molar-refractivity contribution >= 4 is 0 Å². The molecule has 0 aromatic carbocycles. The van der Waals surface area contributed by atoms with E-state index in [0.29, 0.717) is 13.2 Å². The Labute approximate surface area is 90.7 Å². The summed E-state index contributed by atoms with van der Waals surface area (Å²) in [6, 6.07) is 0.264. The van der Waals surface area contributed by atoms with Gasteiger partial charge in [-0.2, -0.15) is 0 Å². The Morgan fingerprint density at radius 1 is 1.33 bits per heavy atom. The lowest BCUT2D eigenvalue weighted by Crippen LogP contribution is -2.43. The maximum atomic E-state index is 10.2. The standard InChI is InChI=1S/C11H21NO3/c12-9-1-4-11(13,5-2-9)8-15-10-3-6-14-7-10/h9-10,13H,1-8,12H2. The number of hydrogen-bond acceptors (Lipinski definition) is 4. The number of nitrogens with two attached hydrogens (primary N) is 1. The van der Waals surface area contributed by atoms with Gasteiger partial charge in [0, 0.05) is 12.6 Å². The first kappa shape index (κ1) is 11.3. The molecule has 0 amide bonds. The largest absolute Gasteiger partial charge is 0.387 e. The minimum absolute atomic E-state index is 0.185. The number of aliphatic hydroxyl groups is 1. The molecule has 88 valence electrons. The summed E-state index contributed by atoms with van der Waals surface area (Å²) < 4.78 is 10.9. The van der Waals surface area contributed by atoms with E-state index in [1.54, 1.807) is 0 Å². The highest BCUT2D eigenvalue weighted by Gasteiger charge is 2.33. The highest BCUT2D eigenvalue weighted by Crippen LogP contribution is 2.28. The Hall–Kier alpha value is -0.160. The van der Waals surface area contributed by atoms with E-state index in [2.05, 4.69) is 0 Å². The molecule has 3 N–H and O–H groups in total. The second-order valence-corrected chi connectivity index (χ2v) is 4.86. The van der Waals surface area contributed by atoms with Crippen LogP contribution >= 0.6 is 0 Å². The van der Waals surface area contributed by atoms with Crippen LogP contribution in [0.2, 0.25) is 0 Å². The fourth-order valence-corrected chi connectivity index (χ4v) is 2.24. The fourth-order valence-electron chi connectivity index (χ4n) is 2.24. The van der Waals surface area contributed by atoms with Crippen LogP contribution in [0.15, 0.2) is 0 Å². The third-order valence-corrected chi connectivity index (χ3v) is 3.44. The predicted molar refractivity (Wildman–Crippen MR) is 56.6 cm³/mol. The third kappa shape index (κ3) is 3.14. The van der Waals surface area contributed by atoms with Gasteiger partial charge in [0.15, 0.2) is 0 Å². The van der Waals surface area contributed by atoms with Gasteiger partial charge in [-0.25, -0.2) is 0 Å². The summed E-state index contributed by atoms with van der Waals surface area (Å²) in [6.07, 6.45) is 4.48. The quantitative estimate of drug-likeness (QED) is 0.716. The van der Waals surface area contributed by atoms with Crippen molar-refractivity contribution in [1.82, 2.24) is 0 Å². The van der Waals surface area contributed by atoms with Gasteiger partial charge in [0.2, 0.25) is 0 Å². The number of ether oxygens (including phenoxy) is 2. The van der Waals surface area contributed by atoms with Gasteiger partial charge in [0.25, 0.3) is 0 Å². The molecule has 0 aromatic heterocycles. The van der Waals surface area contributed by atoms with E-state index in [1.165, 1.54) is 0 Å². The molecule has 2 fully saturated rings. The molecule has 1 heterocycles. The van der Waals surface area contributed by atoms with Crippen molar-refractivity contribution in [2.24, 2.45) is 5.73 Å². The lowest BCUT2D eigenvalue weighted by molar-refractivity contribution is -0.0923. The van der Waals surface area contributed by atoms with Crippen LogP contribution in [0.1, 0.15) is 32.1 Å². The molecule has 4 nitrogen and oxygen atoms in total. The first-order chi connectivity index (χ1) is 7.18. The molecule has 4 heteroatoms. The maximum Gasteiger partial charge on any atom is 0.0881 e. The second-order valence-electron chi connectivity index (χ2n) is 4.86. The Morgan fingerprint density at radius 3 is 2.67 bits per heavy atom. The minimum atomic E-state index is -0.640. The summed E-state index contributed by atoms with van der Waals surface area (Å²) in [6.45, 7) is 1.90. The van der Waals surface area contributed by atoms with Crippen LogP contribution in [0.4, 0.5) is 0 Å². The van der Waals surface area contributed by atoms with Crippen molar-refractivity contribution in [1.29, 1.82) is 0 Å². The second kappa shape index (κ2) is 4.78. The van der Waals surface area contributed by atoms with E-state index >= 15 is 0 Å². The van der Waals surface area contributed by atoms with Crippen molar-refractivity contribution < 1.29 is 14.6 Å². The molecule has 1 saturated heterocycles. The molecule has 0 bridgehead atoms. The van der Waals surface area contributed by atoms with Crippen LogP contribution in [0, 0.1) is 0 Å². The predicted octanol–water partition coefficient (Wildman–Crippen LogP) is 0.424. The number of hydrogen-bond donors (Lipinski definition) is 2. The van der Waals surface area contributed by atoms with E-state index in [-0.39, 0.29) is 12.1 Å². The molecule has 0 radical (unpaired) electrons. The lowest BCUT2D eigenvalue weighted by Gasteiger charge is -2.35. The molecule has 15 heavy (non-hydrogen) atoms. The SMILES string of the molecule is NC1CCC(O)(COC2CCOC2)CC1. The van der Waals surface area contributed by atoms with Gasteiger partial charge >= 0.3 is 0 Å². The van der Waals surface area contributed by atoms with Crippen LogP contribution < -0.4 is 5.73 Å². The normalized spacial score (nSPS) is 42.0. The van der Waals surface area contributed by atoms with Crippen molar-refractivity contribution in [2.45, 2.75) is 49.9 Å². The average molecular weight is 215 g/mol. The summed E-state index contributed by atoms with van der Waals surface area (Å²) >= 11 is 0. The Morgan fingerprint density at radius 2 is 2.07 bits per heavy atom. The first-order valence-corrected chi connectivity index (χ1v) is 5.85. The van der Waals surface area contributed by atoms with E-state index in [1.807, 2.05) is 0 Å². The molecular weight excluding hydrogens is 194 g/mol. The van der Waals surface area contributed by atoms with Crippen LogP contribution in [0.3, 0.4) is 0 Å². The van der Waals surface area contributed by atoms with Gasteiger partial charge < -0.3 is 20.3 Å². The van der Waals surface area contributed by atoms with Crippen molar-refractivity contribution in [2.75, 3.05) is 19.8 Å². The minimum Gasteiger partial charge on any atom is -0.387 e. The third-order valence-electron chi connectivity index (χ3n) is 3.44. The van der Waals surface area contributed by atoms with Crippen LogP contribution in [0.25, 0.3) is 0 Å². The average Bonchev–Trinajstić information content (AvgIpc) is 2.73. The van der Waals surface area contributed by atoms with E-state index in [0.717, 1.165) is 38.7 Å². The van der Waals surface area contributed by atoms with Gasteiger partial charge in [-0.05, 0) is 32.1 Å². The molecule has 1 aliphatic heterocycles. The van der Waals surface area contributed by atoms with Crippen molar-refractivity contribution in [3.05, 3.63) is 0 Å². The van der Waals surface area contributed by atoms with Crippen molar-refractivity contribution in [3.8, 4) is 0 Å². The summed E-state index contributed by atoms with van der Waals surface area (Å²) in [5, 5.41) is 10.2. The van der Waals surface area contributed by atoms with E-state index in [4.69, 9.17) is 15.2 Å². The van der Waals surface area contributed by atoms with E-state index < -0.39 is 5.60 Å². The molecule has 0 aromatic rings. The Kier molecular flexibility index (Phi) is 3.61. The van der Waals surface area contributed by atoms with Gasteiger partial charge in [-0.15, -0.1) is 0 Å². The summed E-state index contributed by atoms with van der Waals surface area (Å²) in [5.41, 5.74) is 5.16. The smallest absolute Gasteiger partial charge is 0.0881 e. The zero-order chi connectivity index (χ0) is 10.7. The monoisotopic (exact) mass is 215 g/mol. The molecule has 1 unspecified atom stereocenters. The van der Waals surface area contributed by atoms with Crippen LogP contribution in [0.5, 0.6) is 0 Å². The molecule has 1 atom stereocenters. The molecule has 1 aliphatic carbocycles. The highest BCUT2D eigenvalue weighted by atomic mass is 16.5. The Balaban J connectivity index is 1.72. The van der Waals surface area contributed by atoms with Crippen LogP contribution in [-0.2, 0) is 9.47 Å². The topological polar surface area (TPSA) is 64.7 Å². The molecule has 2 rings (SSSR count). The summed E-state index contributed by atoms with van der Waals surface area (Å²) in [5.74, 6) is 0. The summed E-state index contributed by atoms with van der Waals surface area (Å²) in [7, 11) is 0. The van der Waals surface area contributed by atoms with Gasteiger partial charge in [-0.1, -0.05) is 0 Å². The van der Waals surface area contributed by atoms with Gasteiger partial charge in [0.05, 0.1) is 24.9 Å². The Bertz CT molecular complexity index is 196. The zero-order valence-corrected chi connectivity index (χ0v) is 9.15. The first-order valence-electron chi connectivity index (χ1n) is 5.85. The highest BCUT2D eigenvalue weighted by molar-refractivity contribution is 4.87. The summed E-state index contributed by atoms with van der Waals surface area (Å²) in [4.78, 5) is 0. The van der Waals surface area contributed by atoms with Crippen molar-refractivity contribution in [3.63, 3.8) is 0 Å². The molecule has 1 saturated carbocycles.